The van der Waals surface area contributed by atoms with Crippen LogP contribution in [0.2, 0.25) is 0 Å². The van der Waals surface area contributed by atoms with Crippen LogP contribution in [0.3, 0.4) is 0 Å². The molecule has 0 spiro atoms. The lowest BCUT2D eigenvalue weighted by Gasteiger charge is -2.12. The normalized spacial score (nSPS) is 10.5. The second-order valence-corrected chi connectivity index (χ2v) is 5.21. The second kappa shape index (κ2) is 7.08. The lowest BCUT2D eigenvalue weighted by Crippen LogP contribution is -2.25. The molecule has 0 N–H and O–H groups in total. The van der Waals surface area contributed by atoms with Crippen LogP contribution in [-0.4, -0.2) is 42.3 Å². The highest BCUT2D eigenvalue weighted by Gasteiger charge is 2.18. The molecule has 0 aliphatic carbocycles. The van der Waals surface area contributed by atoms with Gasteiger partial charge in [0.1, 0.15) is 0 Å². The van der Waals surface area contributed by atoms with E-state index in [1.807, 2.05) is 0 Å². The molecule has 8 heteroatoms. The SMILES string of the molecule is COc1ccc(-c2nnc(CN(C)C(=O)c3ccco3)o2)cc1OC. The molecule has 1 amide bonds. The van der Waals surface area contributed by atoms with E-state index >= 15 is 0 Å². The first-order valence-corrected chi connectivity index (χ1v) is 7.46. The van der Waals surface area contributed by atoms with E-state index in [9.17, 15) is 4.79 Å². The van der Waals surface area contributed by atoms with Gasteiger partial charge in [0, 0.05) is 12.6 Å². The van der Waals surface area contributed by atoms with Crippen molar-refractivity contribution in [3.63, 3.8) is 0 Å². The molecule has 0 atom stereocenters. The molecule has 0 saturated carbocycles. The number of carbonyl (C=O) groups is 1. The Morgan fingerprint density at radius 2 is 1.96 bits per heavy atom. The standard InChI is InChI=1S/C17H17N3O5/c1-20(17(21)13-5-4-8-24-13)10-15-18-19-16(25-15)11-6-7-12(22-2)14(9-11)23-3/h4-9H,10H2,1-3H3. The fourth-order valence-electron chi connectivity index (χ4n) is 2.27. The van der Waals surface area contributed by atoms with Gasteiger partial charge in [0.05, 0.1) is 27.0 Å². The molecule has 25 heavy (non-hydrogen) atoms. The molecule has 0 radical (unpaired) electrons. The smallest absolute Gasteiger partial charge is 0.289 e. The molecule has 0 saturated heterocycles. The molecule has 1 aromatic carbocycles. The van der Waals surface area contributed by atoms with Crippen molar-refractivity contribution in [2.75, 3.05) is 21.3 Å². The van der Waals surface area contributed by atoms with E-state index in [0.717, 1.165) is 0 Å². The summed E-state index contributed by atoms with van der Waals surface area (Å²) in [6.07, 6.45) is 1.45. The maximum absolute atomic E-state index is 12.2. The number of hydrogen-bond acceptors (Lipinski definition) is 7. The van der Waals surface area contributed by atoms with Gasteiger partial charge in [-0.05, 0) is 30.3 Å². The van der Waals surface area contributed by atoms with Gasteiger partial charge in [-0.1, -0.05) is 0 Å². The second-order valence-electron chi connectivity index (χ2n) is 5.21. The molecule has 0 fully saturated rings. The number of carbonyl (C=O) groups excluding carboxylic acids is 1. The molecule has 0 unspecified atom stereocenters. The van der Waals surface area contributed by atoms with Crippen LogP contribution in [-0.2, 0) is 6.54 Å². The maximum atomic E-state index is 12.2. The monoisotopic (exact) mass is 343 g/mol. The Hall–Kier alpha value is -3.29. The van der Waals surface area contributed by atoms with Gasteiger partial charge in [0.15, 0.2) is 17.3 Å². The van der Waals surface area contributed by atoms with Crippen LogP contribution >= 0.6 is 0 Å². The van der Waals surface area contributed by atoms with Gasteiger partial charge in [0.2, 0.25) is 11.8 Å². The fraction of sp³-hybridized carbons (Fsp3) is 0.235. The van der Waals surface area contributed by atoms with E-state index in [1.54, 1.807) is 51.6 Å². The summed E-state index contributed by atoms with van der Waals surface area (Å²) in [5.74, 6) is 1.79. The summed E-state index contributed by atoms with van der Waals surface area (Å²) in [5.41, 5.74) is 0.691. The van der Waals surface area contributed by atoms with Crippen LogP contribution in [0.4, 0.5) is 0 Å². The number of nitrogens with zero attached hydrogens (tertiary/aromatic N) is 3. The first kappa shape index (κ1) is 16.6. The topological polar surface area (TPSA) is 90.8 Å². The summed E-state index contributed by atoms with van der Waals surface area (Å²) in [6.45, 7) is 0.166. The minimum Gasteiger partial charge on any atom is -0.493 e. The summed E-state index contributed by atoms with van der Waals surface area (Å²) >= 11 is 0. The zero-order valence-electron chi connectivity index (χ0n) is 14.1. The van der Waals surface area contributed by atoms with E-state index in [0.29, 0.717) is 28.8 Å². The highest BCUT2D eigenvalue weighted by atomic mass is 16.5. The Kier molecular flexibility index (Phi) is 4.69. The lowest BCUT2D eigenvalue weighted by molar-refractivity contribution is 0.0741. The Morgan fingerprint density at radius 3 is 2.64 bits per heavy atom. The average Bonchev–Trinajstić information content (AvgIpc) is 3.32. The molecule has 8 nitrogen and oxygen atoms in total. The predicted octanol–water partition coefficient (Wildman–Crippen LogP) is 2.62. The average molecular weight is 343 g/mol. The first-order chi connectivity index (χ1) is 12.1. The van der Waals surface area contributed by atoms with E-state index in [4.69, 9.17) is 18.3 Å². The number of ether oxygens (including phenoxy) is 2. The summed E-state index contributed by atoms with van der Waals surface area (Å²) in [5, 5.41) is 8.00. The Balaban J connectivity index is 1.75. The number of methoxy groups -OCH3 is 2. The molecule has 0 aliphatic rings. The third-order valence-corrected chi connectivity index (χ3v) is 3.55. The number of aromatic nitrogens is 2. The van der Waals surface area contributed by atoms with Gasteiger partial charge >= 0.3 is 0 Å². The van der Waals surface area contributed by atoms with Gasteiger partial charge < -0.3 is 23.2 Å². The van der Waals surface area contributed by atoms with Crippen molar-refractivity contribution < 1.29 is 23.1 Å². The minimum absolute atomic E-state index is 0.166. The van der Waals surface area contributed by atoms with E-state index < -0.39 is 0 Å². The molecule has 0 aliphatic heterocycles. The predicted molar refractivity (Wildman–Crippen MR) is 87.3 cm³/mol. The summed E-state index contributed by atoms with van der Waals surface area (Å²) in [7, 11) is 4.75. The number of hydrogen-bond donors (Lipinski definition) is 0. The molecule has 0 bridgehead atoms. The third kappa shape index (κ3) is 3.47. The number of rotatable bonds is 6. The van der Waals surface area contributed by atoms with Gasteiger partial charge in [-0.15, -0.1) is 10.2 Å². The van der Waals surface area contributed by atoms with Crippen molar-refractivity contribution in [2.24, 2.45) is 0 Å². The van der Waals surface area contributed by atoms with Gasteiger partial charge in [0.25, 0.3) is 5.91 Å². The summed E-state index contributed by atoms with van der Waals surface area (Å²) in [6, 6.07) is 8.54. The molecular weight excluding hydrogens is 326 g/mol. The molecular formula is C17H17N3O5. The van der Waals surface area contributed by atoms with Gasteiger partial charge in [-0.25, -0.2) is 0 Å². The van der Waals surface area contributed by atoms with Crippen LogP contribution < -0.4 is 9.47 Å². The molecule has 130 valence electrons. The van der Waals surface area contributed by atoms with E-state index in [-0.39, 0.29) is 18.2 Å². The van der Waals surface area contributed by atoms with Crippen LogP contribution in [0.25, 0.3) is 11.5 Å². The number of amides is 1. The van der Waals surface area contributed by atoms with Gasteiger partial charge in [-0.3, -0.25) is 4.79 Å². The number of benzene rings is 1. The van der Waals surface area contributed by atoms with Crippen LogP contribution in [0.15, 0.2) is 45.4 Å². The van der Waals surface area contributed by atoms with Crippen LogP contribution in [0.1, 0.15) is 16.4 Å². The van der Waals surface area contributed by atoms with Crippen molar-refractivity contribution in [3.05, 3.63) is 48.2 Å². The Labute approximate surface area is 144 Å². The van der Waals surface area contributed by atoms with E-state index in [1.165, 1.54) is 11.2 Å². The van der Waals surface area contributed by atoms with Crippen molar-refractivity contribution in [1.29, 1.82) is 0 Å². The number of furan rings is 1. The molecule has 3 rings (SSSR count). The van der Waals surface area contributed by atoms with E-state index in [2.05, 4.69) is 10.2 Å². The first-order valence-electron chi connectivity index (χ1n) is 7.46. The zero-order valence-corrected chi connectivity index (χ0v) is 14.1. The van der Waals surface area contributed by atoms with Crippen LogP contribution in [0, 0.1) is 0 Å². The Bertz CT molecular complexity index is 857. The summed E-state index contributed by atoms with van der Waals surface area (Å²) < 4.78 is 21.2. The molecule has 2 heterocycles. The zero-order chi connectivity index (χ0) is 17.8. The quantitative estimate of drug-likeness (QED) is 0.679. The van der Waals surface area contributed by atoms with Crippen molar-refractivity contribution in [1.82, 2.24) is 15.1 Å². The van der Waals surface area contributed by atoms with Crippen molar-refractivity contribution in [2.45, 2.75) is 6.54 Å². The van der Waals surface area contributed by atoms with Crippen LogP contribution in [0.5, 0.6) is 11.5 Å². The highest BCUT2D eigenvalue weighted by Crippen LogP contribution is 2.31. The fourth-order valence-corrected chi connectivity index (χ4v) is 2.27. The third-order valence-electron chi connectivity index (χ3n) is 3.55. The van der Waals surface area contributed by atoms with Gasteiger partial charge in [-0.2, -0.15) is 0 Å². The lowest BCUT2D eigenvalue weighted by atomic mass is 10.2. The van der Waals surface area contributed by atoms with Crippen molar-refractivity contribution >= 4 is 5.91 Å². The molecule has 3 aromatic rings. The molecule has 2 aromatic heterocycles. The highest BCUT2D eigenvalue weighted by molar-refractivity contribution is 5.91. The Morgan fingerprint density at radius 1 is 1.16 bits per heavy atom. The summed E-state index contributed by atoms with van der Waals surface area (Å²) in [4.78, 5) is 13.6. The van der Waals surface area contributed by atoms with Crippen molar-refractivity contribution in [3.8, 4) is 23.0 Å². The maximum Gasteiger partial charge on any atom is 0.289 e. The largest absolute Gasteiger partial charge is 0.493 e. The minimum atomic E-state index is -0.268.